The Bertz CT molecular complexity index is 609. The first-order valence-electron chi connectivity index (χ1n) is 7.88. The van der Waals surface area contributed by atoms with E-state index in [0.717, 1.165) is 18.1 Å². The number of halogens is 1. The fraction of sp³-hybridized carbons (Fsp3) is 0.556. The average molecular weight is 445 g/mol. The molecule has 5 nitrogen and oxygen atoms in total. The Labute approximate surface area is 161 Å². The highest BCUT2D eigenvalue weighted by Crippen LogP contribution is 2.46. The Morgan fingerprint density at radius 3 is 2.25 bits per heavy atom. The molecule has 1 aromatic rings. The zero-order chi connectivity index (χ0) is 17.3. The number of carbonyl (C=O) groups is 1. The third-order valence-electron chi connectivity index (χ3n) is 5.18. The predicted molar refractivity (Wildman–Crippen MR) is 108 cm³/mol. The molecular formula is C18H28IN3O2. The van der Waals surface area contributed by atoms with Crippen LogP contribution in [0.1, 0.15) is 43.6 Å². The minimum atomic E-state index is -0.315. The number of benzene rings is 1. The molecule has 2 rings (SSSR count). The van der Waals surface area contributed by atoms with E-state index in [4.69, 9.17) is 4.74 Å². The van der Waals surface area contributed by atoms with Gasteiger partial charge < -0.3 is 15.0 Å². The highest BCUT2D eigenvalue weighted by Gasteiger charge is 2.53. The van der Waals surface area contributed by atoms with E-state index in [0.29, 0.717) is 12.1 Å². The van der Waals surface area contributed by atoms with E-state index in [1.54, 1.807) is 12.1 Å². The lowest BCUT2D eigenvalue weighted by molar-refractivity contribution is -0.0667. The fourth-order valence-electron chi connectivity index (χ4n) is 2.75. The lowest BCUT2D eigenvalue weighted by Gasteiger charge is -2.62. The van der Waals surface area contributed by atoms with Crippen LogP contribution in [0.2, 0.25) is 0 Å². The van der Waals surface area contributed by atoms with Gasteiger partial charge in [0.15, 0.2) is 5.96 Å². The zero-order valence-corrected chi connectivity index (χ0v) is 17.7. The second-order valence-electron chi connectivity index (χ2n) is 7.12. The van der Waals surface area contributed by atoms with Crippen LogP contribution < -0.4 is 5.32 Å². The number of hydrogen-bond acceptors (Lipinski definition) is 3. The molecular weight excluding hydrogens is 417 g/mol. The summed E-state index contributed by atoms with van der Waals surface area (Å²) in [6, 6.07) is 7.42. The van der Waals surface area contributed by atoms with Crippen LogP contribution in [0, 0.1) is 5.41 Å². The highest BCUT2D eigenvalue weighted by molar-refractivity contribution is 14.0. The molecule has 1 saturated heterocycles. The molecule has 1 heterocycles. The van der Waals surface area contributed by atoms with Gasteiger partial charge in [-0.05, 0) is 31.5 Å². The van der Waals surface area contributed by atoms with Gasteiger partial charge in [-0.15, -0.1) is 24.0 Å². The molecule has 1 aliphatic heterocycles. The summed E-state index contributed by atoms with van der Waals surface area (Å²) < 4.78 is 4.71. The topological polar surface area (TPSA) is 53.9 Å². The molecule has 1 fully saturated rings. The van der Waals surface area contributed by atoms with Gasteiger partial charge in [-0.2, -0.15) is 0 Å². The summed E-state index contributed by atoms with van der Waals surface area (Å²) in [5.74, 6) is 0.594. The molecule has 1 aliphatic rings. The van der Waals surface area contributed by atoms with Crippen molar-refractivity contribution in [3.63, 3.8) is 0 Å². The normalized spacial score (nSPS) is 18.2. The predicted octanol–water partition coefficient (Wildman–Crippen LogP) is 3.29. The molecule has 24 heavy (non-hydrogen) atoms. The summed E-state index contributed by atoms with van der Waals surface area (Å²) in [5.41, 5.74) is 2.00. The number of guanidine groups is 1. The molecule has 1 N–H and O–H groups in total. The maximum absolute atomic E-state index is 11.4. The number of carbonyl (C=O) groups excluding carboxylic acids is 1. The van der Waals surface area contributed by atoms with Crippen LogP contribution in [-0.4, -0.2) is 43.1 Å². The van der Waals surface area contributed by atoms with Crippen LogP contribution in [-0.2, 0) is 11.3 Å². The van der Waals surface area contributed by atoms with Crippen LogP contribution in [0.5, 0.6) is 0 Å². The van der Waals surface area contributed by atoms with Gasteiger partial charge in [-0.3, -0.25) is 4.99 Å². The van der Waals surface area contributed by atoms with Crippen LogP contribution in [0.4, 0.5) is 0 Å². The number of methoxy groups -OCH3 is 1. The van der Waals surface area contributed by atoms with Gasteiger partial charge in [-0.1, -0.05) is 26.0 Å². The largest absolute Gasteiger partial charge is 0.465 e. The third-order valence-corrected chi connectivity index (χ3v) is 5.18. The molecule has 0 bridgehead atoms. The minimum absolute atomic E-state index is 0. The molecule has 0 amide bonds. The standard InChI is InChI=1S/C18H27N3O2.HI/c1-17(2)12-21(18(17,3)4)16(19-5)20-11-13-7-9-14(10-8-13)15(22)23-6;/h7-10H,11-12H2,1-6H3,(H,19,20);1H. The van der Waals surface area contributed by atoms with E-state index in [9.17, 15) is 4.79 Å². The van der Waals surface area contributed by atoms with Crippen molar-refractivity contribution >= 4 is 35.9 Å². The van der Waals surface area contributed by atoms with Crippen LogP contribution in [0.25, 0.3) is 0 Å². The van der Waals surface area contributed by atoms with Gasteiger partial charge in [0, 0.05) is 31.1 Å². The van der Waals surface area contributed by atoms with Crippen molar-refractivity contribution in [2.45, 2.75) is 39.8 Å². The van der Waals surface area contributed by atoms with Crippen LogP contribution in [0.15, 0.2) is 29.3 Å². The summed E-state index contributed by atoms with van der Waals surface area (Å²) in [7, 11) is 3.20. The molecule has 1 aromatic carbocycles. The van der Waals surface area contributed by atoms with Crippen molar-refractivity contribution in [3.05, 3.63) is 35.4 Å². The van der Waals surface area contributed by atoms with Crippen molar-refractivity contribution in [2.75, 3.05) is 20.7 Å². The maximum atomic E-state index is 11.4. The lowest BCUT2D eigenvalue weighted by Crippen LogP contribution is -2.72. The molecule has 0 unspecified atom stereocenters. The van der Waals surface area contributed by atoms with Crippen LogP contribution in [0.3, 0.4) is 0 Å². The first-order chi connectivity index (χ1) is 10.7. The summed E-state index contributed by atoms with van der Waals surface area (Å²) in [4.78, 5) is 18.1. The van der Waals surface area contributed by atoms with E-state index in [1.165, 1.54) is 7.11 Å². The van der Waals surface area contributed by atoms with Gasteiger partial charge in [0.05, 0.1) is 12.7 Å². The number of ether oxygens (including phenoxy) is 1. The Balaban J connectivity index is 0.00000288. The molecule has 0 saturated carbocycles. The van der Waals surface area contributed by atoms with Gasteiger partial charge in [0.2, 0.25) is 0 Å². The average Bonchev–Trinajstić information content (AvgIpc) is 2.54. The van der Waals surface area contributed by atoms with E-state index >= 15 is 0 Å². The molecule has 134 valence electrons. The van der Waals surface area contributed by atoms with Gasteiger partial charge in [0.1, 0.15) is 0 Å². The van der Waals surface area contributed by atoms with E-state index < -0.39 is 0 Å². The minimum Gasteiger partial charge on any atom is -0.465 e. The van der Waals surface area contributed by atoms with Crippen molar-refractivity contribution < 1.29 is 9.53 Å². The van der Waals surface area contributed by atoms with E-state index in [2.05, 4.69) is 42.9 Å². The smallest absolute Gasteiger partial charge is 0.337 e. The molecule has 0 aliphatic carbocycles. The second-order valence-corrected chi connectivity index (χ2v) is 7.12. The van der Waals surface area contributed by atoms with Gasteiger partial charge in [0.25, 0.3) is 0 Å². The molecule has 0 radical (unpaired) electrons. The van der Waals surface area contributed by atoms with E-state index in [-0.39, 0.29) is 40.9 Å². The Morgan fingerprint density at radius 1 is 1.25 bits per heavy atom. The van der Waals surface area contributed by atoms with Gasteiger partial charge in [-0.25, -0.2) is 4.79 Å². The number of aliphatic imine (C=N–C) groups is 1. The van der Waals surface area contributed by atoms with Crippen LogP contribution >= 0.6 is 24.0 Å². The first kappa shape index (κ1) is 20.7. The Hall–Kier alpha value is -1.31. The number of hydrogen-bond donors (Lipinski definition) is 1. The Kier molecular flexibility index (Phi) is 6.67. The monoisotopic (exact) mass is 445 g/mol. The molecule has 0 spiro atoms. The lowest BCUT2D eigenvalue weighted by atomic mass is 9.65. The number of nitrogens with zero attached hydrogens (tertiary/aromatic N) is 2. The Morgan fingerprint density at radius 2 is 1.83 bits per heavy atom. The summed E-state index contributed by atoms with van der Waals surface area (Å²) >= 11 is 0. The van der Waals surface area contributed by atoms with Crippen molar-refractivity contribution in [1.82, 2.24) is 10.2 Å². The van der Waals surface area contributed by atoms with E-state index in [1.807, 2.05) is 19.2 Å². The SMILES string of the molecule is CN=C(NCc1ccc(C(=O)OC)cc1)N1CC(C)(C)C1(C)C.I. The zero-order valence-electron chi connectivity index (χ0n) is 15.3. The van der Waals surface area contributed by atoms with Crippen molar-refractivity contribution in [1.29, 1.82) is 0 Å². The molecule has 6 heteroatoms. The third kappa shape index (κ3) is 3.84. The highest BCUT2D eigenvalue weighted by atomic mass is 127. The quantitative estimate of drug-likeness (QED) is 0.336. The summed E-state index contributed by atoms with van der Waals surface area (Å²) in [6.07, 6.45) is 0. The summed E-state index contributed by atoms with van der Waals surface area (Å²) in [6.45, 7) is 10.7. The number of rotatable bonds is 3. The molecule has 0 atom stereocenters. The van der Waals surface area contributed by atoms with Crippen molar-refractivity contribution in [3.8, 4) is 0 Å². The number of nitrogens with one attached hydrogen (secondary N) is 1. The second kappa shape index (κ2) is 7.72. The number of likely N-dealkylation sites (tertiary alicyclic amines) is 1. The number of esters is 1. The summed E-state index contributed by atoms with van der Waals surface area (Å²) in [5, 5.41) is 3.40. The maximum Gasteiger partial charge on any atom is 0.337 e. The van der Waals surface area contributed by atoms with Gasteiger partial charge >= 0.3 is 5.97 Å². The fourth-order valence-corrected chi connectivity index (χ4v) is 2.75. The van der Waals surface area contributed by atoms with Crippen molar-refractivity contribution in [2.24, 2.45) is 10.4 Å². The first-order valence-corrected chi connectivity index (χ1v) is 7.88. The molecule has 0 aromatic heterocycles.